The van der Waals surface area contributed by atoms with Gasteiger partial charge in [-0.2, -0.15) is 0 Å². The summed E-state index contributed by atoms with van der Waals surface area (Å²) in [7, 11) is 0. The second-order valence-electron chi connectivity index (χ2n) is 5.41. The summed E-state index contributed by atoms with van der Waals surface area (Å²) in [6, 6.07) is 6.12. The predicted molar refractivity (Wildman–Crippen MR) is 70.8 cm³/mol. The normalized spacial score (nSPS) is 23.6. The molecule has 0 radical (unpaired) electrons. The molecule has 4 nitrogen and oxygen atoms in total. The molecule has 19 heavy (non-hydrogen) atoms. The van der Waals surface area contributed by atoms with Crippen LogP contribution in [0.5, 0.6) is 0 Å². The van der Waals surface area contributed by atoms with E-state index in [2.05, 4.69) is 11.1 Å². The van der Waals surface area contributed by atoms with Gasteiger partial charge in [0.2, 0.25) is 0 Å². The fraction of sp³-hybridized carbons (Fsp3) is 0.467. The molecule has 1 aromatic heterocycles. The third kappa shape index (κ3) is 2.62. The number of aromatic nitrogens is 1. The highest BCUT2D eigenvalue weighted by Crippen LogP contribution is 2.31. The molecule has 2 aromatic rings. The van der Waals surface area contributed by atoms with E-state index in [0.29, 0.717) is 5.92 Å². The summed E-state index contributed by atoms with van der Waals surface area (Å²) in [5.74, 6) is -0.175. The molecular formula is C15H17NO3. The van der Waals surface area contributed by atoms with Crippen LogP contribution in [0.2, 0.25) is 0 Å². The van der Waals surface area contributed by atoms with Crippen molar-refractivity contribution in [3.63, 3.8) is 0 Å². The number of fused-ring (bicyclic) bond motifs is 1. The molecule has 1 aliphatic carbocycles. The van der Waals surface area contributed by atoms with Crippen molar-refractivity contribution < 1.29 is 14.3 Å². The highest BCUT2D eigenvalue weighted by molar-refractivity contribution is 5.72. The number of rotatable bonds is 3. The molecule has 1 fully saturated rings. The summed E-state index contributed by atoms with van der Waals surface area (Å²) < 4.78 is 5.31. The van der Waals surface area contributed by atoms with E-state index >= 15 is 0 Å². The van der Waals surface area contributed by atoms with Crippen molar-refractivity contribution in [2.45, 2.75) is 32.1 Å². The van der Waals surface area contributed by atoms with Gasteiger partial charge in [0.05, 0.1) is 5.92 Å². The predicted octanol–water partition coefficient (Wildman–Crippen LogP) is 3.26. The SMILES string of the molecule is O=C(O)C1CCC(Cc2ccc3ncoc3c2)CC1. The maximum absolute atomic E-state index is 10.9. The summed E-state index contributed by atoms with van der Waals surface area (Å²) in [5.41, 5.74) is 2.97. The van der Waals surface area contributed by atoms with Gasteiger partial charge in [-0.15, -0.1) is 0 Å². The van der Waals surface area contributed by atoms with Gasteiger partial charge in [0.1, 0.15) is 5.52 Å². The molecule has 1 aliphatic rings. The summed E-state index contributed by atoms with van der Waals surface area (Å²) in [5, 5.41) is 8.99. The quantitative estimate of drug-likeness (QED) is 0.918. The lowest BCUT2D eigenvalue weighted by atomic mass is 9.79. The second kappa shape index (κ2) is 5.03. The molecule has 1 saturated carbocycles. The Balaban J connectivity index is 1.64. The third-order valence-electron chi connectivity index (χ3n) is 4.12. The molecule has 0 bridgehead atoms. The first-order valence-electron chi connectivity index (χ1n) is 6.77. The highest BCUT2D eigenvalue weighted by Gasteiger charge is 2.25. The van der Waals surface area contributed by atoms with Gasteiger partial charge >= 0.3 is 5.97 Å². The number of carboxylic acid groups (broad SMARTS) is 1. The first kappa shape index (κ1) is 12.2. The van der Waals surface area contributed by atoms with Crippen LogP contribution in [-0.2, 0) is 11.2 Å². The first-order valence-corrected chi connectivity index (χ1v) is 6.77. The van der Waals surface area contributed by atoms with Crippen molar-refractivity contribution in [2.75, 3.05) is 0 Å². The van der Waals surface area contributed by atoms with E-state index in [-0.39, 0.29) is 5.92 Å². The Kier molecular flexibility index (Phi) is 3.23. The Morgan fingerprint density at radius 1 is 1.32 bits per heavy atom. The van der Waals surface area contributed by atoms with E-state index in [0.717, 1.165) is 43.2 Å². The van der Waals surface area contributed by atoms with Gasteiger partial charge in [0.25, 0.3) is 0 Å². The van der Waals surface area contributed by atoms with E-state index in [1.165, 1.54) is 12.0 Å². The standard InChI is InChI=1S/C15H17NO3/c17-15(18)12-4-1-10(2-5-12)7-11-3-6-13-14(8-11)19-9-16-13/h3,6,8-10,12H,1-2,4-5,7H2,(H,17,18). The van der Waals surface area contributed by atoms with Gasteiger partial charge in [-0.25, -0.2) is 4.98 Å². The van der Waals surface area contributed by atoms with Gasteiger partial charge in [0, 0.05) is 0 Å². The van der Waals surface area contributed by atoms with Crippen molar-refractivity contribution in [1.29, 1.82) is 0 Å². The van der Waals surface area contributed by atoms with Crippen molar-refractivity contribution in [3.8, 4) is 0 Å². The number of hydrogen-bond donors (Lipinski definition) is 1. The van der Waals surface area contributed by atoms with Gasteiger partial charge < -0.3 is 9.52 Å². The maximum atomic E-state index is 10.9. The van der Waals surface area contributed by atoms with Crippen LogP contribution in [0.3, 0.4) is 0 Å². The molecule has 1 heterocycles. The number of aliphatic carboxylic acids is 1. The fourth-order valence-electron chi connectivity index (χ4n) is 2.97. The minimum absolute atomic E-state index is 0.131. The molecule has 100 valence electrons. The Morgan fingerprint density at radius 3 is 2.84 bits per heavy atom. The first-order chi connectivity index (χ1) is 9.22. The Hall–Kier alpha value is -1.84. The zero-order chi connectivity index (χ0) is 13.2. The second-order valence-corrected chi connectivity index (χ2v) is 5.41. The molecule has 0 amide bonds. The number of oxazole rings is 1. The summed E-state index contributed by atoms with van der Waals surface area (Å²) in [6.45, 7) is 0. The molecular weight excluding hydrogens is 242 g/mol. The molecule has 0 spiro atoms. The number of hydrogen-bond acceptors (Lipinski definition) is 3. The topological polar surface area (TPSA) is 63.3 Å². The van der Waals surface area contributed by atoms with E-state index in [1.54, 1.807) is 0 Å². The number of benzene rings is 1. The molecule has 0 atom stereocenters. The zero-order valence-corrected chi connectivity index (χ0v) is 10.7. The molecule has 4 heteroatoms. The molecule has 3 rings (SSSR count). The summed E-state index contributed by atoms with van der Waals surface area (Å²) in [4.78, 5) is 15.0. The average molecular weight is 259 g/mol. The Morgan fingerprint density at radius 2 is 2.11 bits per heavy atom. The fourth-order valence-corrected chi connectivity index (χ4v) is 2.97. The van der Waals surface area contributed by atoms with E-state index in [9.17, 15) is 4.79 Å². The molecule has 0 unspecified atom stereocenters. The molecule has 1 N–H and O–H groups in total. The smallest absolute Gasteiger partial charge is 0.306 e. The minimum Gasteiger partial charge on any atom is -0.481 e. The van der Waals surface area contributed by atoms with Crippen molar-refractivity contribution in [3.05, 3.63) is 30.2 Å². The van der Waals surface area contributed by atoms with Gasteiger partial charge in [0.15, 0.2) is 12.0 Å². The Bertz CT molecular complexity index is 582. The van der Waals surface area contributed by atoms with Crippen molar-refractivity contribution in [2.24, 2.45) is 11.8 Å². The average Bonchev–Trinajstić information content (AvgIpc) is 2.87. The maximum Gasteiger partial charge on any atom is 0.306 e. The van der Waals surface area contributed by atoms with Crippen molar-refractivity contribution >= 4 is 17.1 Å². The van der Waals surface area contributed by atoms with Crippen LogP contribution in [-0.4, -0.2) is 16.1 Å². The summed E-state index contributed by atoms with van der Waals surface area (Å²) >= 11 is 0. The molecule has 0 saturated heterocycles. The number of carboxylic acids is 1. The number of carbonyl (C=O) groups is 1. The molecule has 1 aromatic carbocycles. The van der Waals surface area contributed by atoms with Crippen LogP contribution < -0.4 is 0 Å². The number of nitrogens with zero attached hydrogens (tertiary/aromatic N) is 1. The van der Waals surface area contributed by atoms with Crippen LogP contribution in [0.25, 0.3) is 11.1 Å². The monoisotopic (exact) mass is 259 g/mol. The third-order valence-corrected chi connectivity index (χ3v) is 4.12. The van der Waals surface area contributed by atoms with Gasteiger partial charge in [-0.3, -0.25) is 4.79 Å². The lowest BCUT2D eigenvalue weighted by Gasteiger charge is -2.26. The van der Waals surface area contributed by atoms with Crippen LogP contribution >= 0.6 is 0 Å². The zero-order valence-electron chi connectivity index (χ0n) is 10.7. The minimum atomic E-state index is -0.637. The van der Waals surface area contributed by atoms with Crippen LogP contribution in [0.4, 0.5) is 0 Å². The van der Waals surface area contributed by atoms with Crippen LogP contribution in [0.15, 0.2) is 29.0 Å². The van der Waals surface area contributed by atoms with E-state index < -0.39 is 5.97 Å². The van der Waals surface area contributed by atoms with Crippen LogP contribution in [0.1, 0.15) is 31.2 Å². The summed E-state index contributed by atoms with van der Waals surface area (Å²) in [6.07, 6.45) is 6.10. The lowest BCUT2D eigenvalue weighted by Crippen LogP contribution is -2.22. The van der Waals surface area contributed by atoms with E-state index in [4.69, 9.17) is 9.52 Å². The lowest BCUT2D eigenvalue weighted by molar-refractivity contribution is -0.143. The Labute approximate surface area is 111 Å². The largest absolute Gasteiger partial charge is 0.481 e. The van der Waals surface area contributed by atoms with Crippen molar-refractivity contribution in [1.82, 2.24) is 4.98 Å². The van der Waals surface area contributed by atoms with E-state index in [1.807, 2.05) is 12.1 Å². The van der Waals surface area contributed by atoms with Gasteiger partial charge in [-0.05, 0) is 55.7 Å². The highest BCUT2D eigenvalue weighted by atomic mass is 16.4. The molecule has 0 aliphatic heterocycles. The van der Waals surface area contributed by atoms with Crippen LogP contribution in [0, 0.1) is 11.8 Å². The van der Waals surface area contributed by atoms with Gasteiger partial charge in [-0.1, -0.05) is 6.07 Å².